The molecular formula is C10H17NO2. The highest BCUT2D eigenvalue weighted by Gasteiger charge is 2.02. The fourth-order valence-corrected chi connectivity index (χ4v) is 0.771. The van der Waals surface area contributed by atoms with Crippen LogP contribution in [0.25, 0.3) is 0 Å². The quantitative estimate of drug-likeness (QED) is 0.391. The Balaban J connectivity index is 3.30. The van der Waals surface area contributed by atoms with E-state index >= 15 is 0 Å². The van der Waals surface area contributed by atoms with Crippen molar-refractivity contribution in [2.75, 3.05) is 13.1 Å². The highest BCUT2D eigenvalue weighted by Crippen LogP contribution is 1.87. The van der Waals surface area contributed by atoms with Gasteiger partial charge in [-0.3, -0.25) is 4.79 Å². The molecule has 0 saturated heterocycles. The summed E-state index contributed by atoms with van der Waals surface area (Å²) < 4.78 is 4.92. The number of nitrogens with one attached hydrogen (secondary N) is 1. The molecule has 0 bridgehead atoms. The molecule has 0 heterocycles. The lowest BCUT2D eigenvalue weighted by Crippen LogP contribution is -2.27. The van der Waals surface area contributed by atoms with Gasteiger partial charge in [-0.25, -0.2) is 0 Å². The fourth-order valence-electron chi connectivity index (χ4n) is 0.771. The van der Waals surface area contributed by atoms with Gasteiger partial charge in [0.2, 0.25) is 0 Å². The third-order valence-electron chi connectivity index (χ3n) is 1.24. The SMILES string of the molecule is CC#CCCNCC(=O)OC(C)C. The fraction of sp³-hybridized carbons (Fsp3) is 0.700. The van der Waals surface area contributed by atoms with E-state index < -0.39 is 0 Å². The molecule has 0 rings (SSSR count). The zero-order valence-corrected chi connectivity index (χ0v) is 8.52. The van der Waals surface area contributed by atoms with E-state index in [2.05, 4.69) is 17.2 Å². The average molecular weight is 183 g/mol. The zero-order valence-electron chi connectivity index (χ0n) is 8.52. The Morgan fingerprint density at radius 3 is 2.77 bits per heavy atom. The van der Waals surface area contributed by atoms with Gasteiger partial charge in [0, 0.05) is 13.0 Å². The molecule has 3 nitrogen and oxygen atoms in total. The first-order chi connectivity index (χ1) is 6.16. The molecule has 74 valence electrons. The molecule has 0 aliphatic heterocycles. The second kappa shape index (κ2) is 7.63. The number of rotatable bonds is 5. The molecule has 0 atom stereocenters. The van der Waals surface area contributed by atoms with E-state index in [0.29, 0.717) is 0 Å². The Morgan fingerprint density at radius 2 is 2.23 bits per heavy atom. The van der Waals surface area contributed by atoms with Gasteiger partial charge in [0.1, 0.15) is 0 Å². The molecule has 0 unspecified atom stereocenters. The minimum Gasteiger partial charge on any atom is -0.462 e. The summed E-state index contributed by atoms with van der Waals surface area (Å²) in [6.07, 6.45) is 0.732. The van der Waals surface area contributed by atoms with Gasteiger partial charge in [-0.2, -0.15) is 0 Å². The highest BCUT2D eigenvalue weighted by atomic mass is 16.5. The second-order valence-corrected chi connectivity index (χ2v) is 2.89. The van der Waals surface area contributed by atoms with E-state index in [9.17, 15) is 4.79 Å². The highest BCUT2D eigenvalue weighted by molar-refractivity contribution is 5.71. The molecule has 0 aromatic heterocycles. The summed E-state index contributed by atoms with van der Waals surface area (Å²) in [5, 5.41) is 2.95. The first-order valence-corrected chi connectivity index (χ1v) is 4.46. The molecule has 0 aliphatic rings. The third kappa shape index (κ3) is 8.90. The van der Waals surface area contributed by atoms with Crippen LogP contribution >= 0.6 is 0 Å². The van der Waals surface area contributed by atoms with Crippen molar-refractivity contribution in [3.8, 4) is 11.8 Å². The summed E-state index contributed by atoms with van der Waals surface area (Å²) in [5.74, 6) is 5.47. The van der Waals surface area contributed by atoms with Crippen molar-refractivity contribution in [1.29, 1.82) is 0 Å². The zero-order chi connectivity index (χ0) is 10.1. The Bertz CT molecular complexity index is 201. The maximum Gasteiger partial charge on any atom is 0.320 e. The summed E-state index contributed by atoms with van der Waals surface area (Å²) in [6.45, 7) is 6.46. The summed E-state index contributed by atoms with van der Waals surface area (Å²) in [6, 6.07) is 0. The molecule has 0 spiro atoms. The van der Waals surface area contributed by atoms with Crippen molar-refractivity contribution in [3.05, 3.63) is 0 Å². The van der Waals surface area contributed by atoms with Crippen molar-refractivity contribution < 1.29 is 9.53 Å². The first-order valence-electron chi connectivity index (χ1n) is 4.46. The van der Waals surface area contributed by atoms with Crippen LogP contribution in [-0.4, -0.2) is 25.2 Å². The predicted octanol–water partition coefficient (Wildman–Crippen LogP) is 0.941. The predicted molar refractivity (Wildman–Crippen MR) is 52.2 cm³/mol. The Hall–Kier alpha value is -1.01. The minimum atomic E-state index is -0.209. The minimum absolute atomic E-state index is 0.0373. The molecule has 0 radical (unpaired) electrons. The Morgan fingerprint density at radius 1 is 1.54 bits per heavy atom. The molecule has 3 heteroatoms. The molecule has 0 aromatic carbocycles. The summed E-state index contributed by atoms with van der Waals surface area (Å²) >= 11 is 0. The van der Waals surface area contributed by atoms with E-state index in [-0.39, 0.29) is 18.6 Å². The summed E-state index contributed by atoms with van der Waals surface area (Å²) in [7, 11) is 0. The average Bonchev–Trinajstić information content (AvgIpc) is 2.02. The number of hydrogen-bond acceptors (Lipinski definition) is 3. The number of esters is 1. The monoisotopic (exact) mass is 183 g/mol. The van der Waals surface area contributed by atoms with Gasteiger partial charge in [-0.05, 0) is 20.8 Å². The Kier molecular flexibility index (Phi) is 7.04. The molecular weight excluding hydrogens is 166 g/mol. The van der Waals surface area contributed by atoms with Crippen molar-refractivity contribution in [2.24, 2.45) is 0 Å². The van der Waals surface area contributed by atoms with Crippen LogP contribution in [0.15, 0.2) is 0 Å². The van der Waals surface area contributed by atoms with Crippen molar-refractivity contribution in [1.82, 2.24) is 5.32 Å². The number of ether oxygens (including phenoxy) is 1. The number of carbonyl (C=O) groups excluding carboxylic acids is 1. The molecule has 1 N–H and O–H groups in total. The van der Waals surface area contributed by atoms with Gasteiger partial charge in [0.25, 0.3) is 0 Å². The van der Waals surface area contributed by atoms with Crippen molar-refractivity contribution in [2.45, 2.75) is 33.3 Å². The number of carbonyl (C=O) groups is 1. The van der Waals surface area contributed by atoms with E-state index in [1.165, 1.54) is 0 Å². The third-order valence-corrected chi connectivity index (χ3v) is 1.24. The van der Waals surface area contributed by atoms with Crippen LogP contribution in [0, 0.1) is 11.8 Å². The van der Waals surface area contributed by atoms with Gasteiger partial charge in [0.15, 0.2) is 0 Å². The molecule has 0 aromatic rings. The van der Waals surface area contributed by atoms with Crippen LogP contribution in [-0.2, 0) is 9.53 Å². The van der Waals surface area contributed by atoms with Crippen LogP contribution < -0.4 is 5.32 Å². The van der Waals surface area contributed by atoms with E-state index in [4.69, 9.17) is 4.74 Å². The molecule has 0 saturated carbocycles. The topological polar surface area (TPSA) is 38.3 Å². The molecule has 0 aliphatic carbocycles. The van der Waals surface area contributed by atoms with Crippen molar-refractivity contribution >= 4 is 5.97 Å². The smallest absolute Gasteiger partial charge is 0.320 e. The van der Waals surface area contributed by atoms with Crippen LogP contribution in [0.3, 0.4) is 0 Å². The van der Waals surface area contributed by atoms with Gasteiger partial charge in [0.05, 0.1) is 12.6 Å². The van der Waals surface area contributed by atoms with Crippen LogP contribution in [0.1, 0.15) is 27.2 Å². The van der Waals surface area contributed by atoms with Crippen LogP contribution in [0.2, 0.25) is 0 Å². The maximum atomic E-state index is 11.0. The Labute approximate surface area is 79.8 Å². The normalized spacial score (nSPS) is 9.23. The first kappa shape index (κ1) is 12.0. The summed E-state index contributed by atoms with van der Waals surface area (Å²) in [5.41, 5.74) is 0. The van der Waals surface area contributed by atoms with E-state index in [1.54, 1.807) is 6.92 Å². The van der Waals surface area contributed by atoms with Crippen molar-refractivity contribution in [3.63, 3.8) is 0 Å². The van der Waals surface area contributed by atoms with Gasteiger partial charge >= 0.3 is 5.97 Å². The summed E-state index contributed by atoms with van der Waals surface area (Å²) in [4.78, 5) is 11.0. The lowest BCUT2D eigenvalue weighted by atomic mass is 10.4. The van der Waals surface area contributed by atoms with Gasteiger partial charge in [-0.1, -0.05) is 0 Å². The van der Waals surface area contributed by atoms with Crippen LogP contribution in [0.4, 0.5) is 0 Å². The number of hydrogen-bond donors (Lipinski definition) is 1. The van der Waals surface area contributed by atoms with Gasteiger partial charge in [-0.15, -0.1) is 11.8 Å². The lowest BCUT2D eigenvalue weighted by molar-refractivity contribution is -0.146. The van der Waals surface area contributed by atoms with E-state index in [1.807, 2.05) is 13.8 Å². The van der Waals surface area contributed by atoms with Crippen LogP contribution in [0.5, 0.6) is 0 Å². The molecule has 0 amide bonds. The molecule has 13 heavy (non-hydrogen) atoms. The lowest BCUT2D eigenvalue weighted by Gasteiger charge is -2.07. The second-order valence-electron chi connectivity index (χ2n) is 2.89. The largest absolute Gasteiger partial charge is 0.462 e. The van der Waals surface area contributed by atoms with E-state index in [0.717, 1.165) is 13.0 Å². The molecule has 0 fully saturated rings. The van der Waals surface area contributed by atoms with Gasteiger partial charge < -0.3 is 10.1 Å². The maximum absolute atomic E-state index is 11.0. The standard InChI is InChI=1S/C10H17NO2/c1-4-5-6-7-11-8-10(12)13-9(2)3/h9,11H,6-8H2,1-3H3.